The first kappa shape index (κ1) is 16.3. The van der Waals surface area contributed by atoms with Crippen LogP contribution in [0.1, 0.15) is 10.4 Å². The molecular weight excluding hydrogens is 345 g/mol. The van der Waals surface area contributed by atoms with E-state index in [9.17, 15) is 22.8 Å². The number of nitrogens with two attached hydrogens (primary N) is 1. The Labute approximate surface area is 120 Å². The Balaban J connectivity index is 2.49. The van der Waals surface area contributed by atoms with Gasteiger partial charge in [-0.3, -0.25) is 4.79 Å². The van der Waals surface area contributed by atoms with E-state index in [1.54, 1.807) is 11.4 Å². The summed E-state index contributed by atoms with van der Waals surface area (Å²) in [6, 6.07) is 4.28. The first-order chi connectivity index (χ1) is 9.17. The van der Waals surface area contributed by atoms with Crippen molar-refractivity contribution in [1.82, 2.24) is 5.32 Å². The van der Waals surface area contributed by atoms with Crippen LogP contribution < -0.4 is 11.1 Å². The van der Waals surface area contributed by atoms with Gasteiger partial charge in [-0.15, -0.1) is 0 Å². The van der Waals surface area contributed by atoms with Gasteiger partial charge in [-0.1, -0.05) is 15.9 Å². The first-order valence-corrected chi connectivity index (χ1v) is 6.03. The maximum Gasteiger partial charge on any atom is 0.405 e. The number of benzene rings is 1. The van der Waals surface area contributed by atoms with Crippen molar-refractivity contribution in [2.75, 3.05) is 18.9 Å². The minimum absolute atomic E-state index is 0.0838. The highest BCUT2D eigenvalue weighted by Crippen LogP contribution is 2.18. The van der Waals surface area contributed by atoms with E-state index < -0.39 is 31.2 Å². The molecule has 110 valence electrons. The van der Waals surface area contributed by atoms with E-state index >= 15 is 0 Å². The summed E-state index contributed by atoms with van der Waals surface area (Å²) in [4.78, 5) is 22.6. The fraction of sp³-hybridized carbons (Fsp3) is 0.273. The minimum atomic E-state index is -4.52. The van der Waals surface area contributed by atoms with Gasteiger partial charge in [0, 0.05) is 10.2 Å². The van der Waals surface area contributed by atoms with Crippen LogP contribution in [0.25, 0.3) is 0 Å². The van der Waals surface area contributed by atoms with Crippen molar-refractivity contribution in [2.45, 2.75) is 6.18 Å². The summed E-state index contributed by atoms with van der Waals surface area (Å²) in [5.74, 6) is -1.90. The quantitative estimate of drug-likeness (QED) is 0.638. The molecule has 0 aliphatic heterocycles. The zero-order valence-electron chi connectivity index (χ0n) is 9.96. The summed E-state index contributed by atoms with van der Waals surface area (Å²) in [7, 11) is 0. The van der Waals surface area contributed by atoms with Crippen LogP contribution in [0, 0.1) is 0 Å². The van der Waals surface area contributed by atoms with E-state index in [1.165, 1.54) is 12.1 Å². The van der Waals surface area contributed by atoms with Gasteiger partial charge in [-0.05, 0) is 18.2 Å². The first-order valence-electron chi connectivity index (χ1n) is 5.24. The van der Waals surface area contributed by atoms with Gasteiger partial charge < -0.3 is 15.8 Å². The van der Waals surface area contributed by atoms with Crippen molar-refractivity contribution in [3.05, 3.63) is 28.2 Å². The molecular formula is C11H10BrF3N2O3. The molecule has 9 heteroatoms. The molecule has 0 heterocycles. The molecule has 0 atom stereocenters. The van der Waals surface area contributed by atoms with Crippen LogP contribution >= 0.6 is 15.9 Å². The number of ether oxygens (including phenoxy) is 1. The van der Waals surface area contributed by atoms with Gasteiger partial charge >= 0.3 is 12.1 Å². The number of carbonyl (C=O) groups is 2. The Morgan fingerprint density at radius 2 is 1.95 bits per heavy atom. The second-order valence-corrected chi connectivity index (χ2v) is 4.66. The molecule has 5 nitrogen and oxygen atoms in total. The second-order valence-electron chi connectivity index (χ2n) is 3.74. The average Bonchev–Trinajstić information content (AvgIpc) is 2.31. The Morgan fingerprint density at radius 1 is 1.30 bits per heavy atom. The van der Waals surface area contributed by atoms with Gasteiger partial charge in [0.05, 0.1) is 5.56 Å². The second kappa shape index (κ2) is 6.60. The molecule has 0 aliphatic carbocycles. The zero-order valence-corrected chi connectivity index (χ0v) is 11.5. The monoisotopic (exact) mass is 354 g/mol. The van der Waals surface area contributed by atoms with Gasteiger partial charge in [0.15, 0.2) is 6.61 Å². The summed E-state index contributed by atoms with van der Waals surface area (Å²) < 4.78 is 40.6. The molecule has 0 spiro atoms. The third-order valence-electron chi connectivity index (χ3n) is 1.98. The number of carbonyl (C=O) groups excluding carboxylic acids is 2. The third-order valence-corrected chi connectivity index (χ3v) is 2.43. The van der Waals surface area contributed by atoms with Crippen LogP contribution in [0.15, 0.2) is 22.7 Å². The van der Waals surface area contributed by atoms with E-state index in [0.717, 1.165) is 0 Å². The smallest absolute Gasteiger partial charge is 0.405 e. The van der Waals surface area contributed by atoms with Crippen LogP contribution in [-0.4, -0.2) is 31.2 Å². The van der Waals surface area contributed by atoms with Gasteiger partial charge in [0.2, 0.25) is 0 Å². The third kappa shape index (κ3) is 5.91. The number of nitrogens with one attached hydrogen (secondary N) is 1. The summed E-state index contributed by atoms with van der Waals surface area (Å²) >= 11 is 3.12. The lowest BCUT2D eigenvalue weighted by Crippen LogP contribution is -2.36. The lowest BCUT2D eigenvalue weighted by atomic mass is 10.2. The standard InChI is InChI=1S/C11H10BrF3N2O3/c12-7-1-6(2-8(16)3-7)10(19)20-4-9(18)17-5-11(13,14)15/h1-3H,4-5,16H2,(H,17,18). The Bertz CT molecular complexity index is 500. The van der Waals surface area contributed by atoms with Gasteiger partial charge in [-0.2, -0.15) is 13.2 Å². The average molecular weight is 355 g/mol. The molecule has 0 bridgehead atoms. The summed E-state index contributed by atoms with van der Waals surface area (Å²) in [6.07, 6.45) is -4.52. The van der Waals surface area contributed by atoms with Crippen LogP contribution in [0.4, 0.5) is 18.9 Å². The molecule has 3 N–H and O–H groups in total. The highest BCUT2D eigenvalue weighted by atomic mass is 79.9. The normalized spacial score (nSPS) is 11.0. The summed E-state index contributed by atoms with van der Waals surface area (Å²) in [6.45, 7) is -2.28. The zero-order chi connectivity index (χ0) is 15.3. The molecule has 0 unspecified atom stereocenters. The molecule has 1 aromatic rings. The molecule has 0 radical (unpaired) electrons. The molecule has 20 heavy (non-hydrogen) atoms. The molecule has 0 fully saturated rings. The largest absolute Gasteiger partial charge is 0.452 e. The van der Waals surface area contributed by atoms with Crippen molar-refractivity contribution < 1.29 is 27.5 Å². The van der Waals surface area contributed by atoms with Crippen molar-refractivity contribution >= 4 is 33.5 Å². The molecule has 0 saturated carbocycles. The number of rotatable bonds is 4. The van der Waals surface area contributed by atoms with Crippen LogP contribution in [0.5, 0.6) is 0 Å². The van der Waals surface area contributed by atoms with Crippen LogP contribution in [0.2, 0.25) is 0 Å². The van der Waals surface area contributed by atoms with Crippen LogP contribution in [0.3, 0.4) is 0 Å². The minimum Gasteiger partial charge on any atom is -0.452 e. The predicted molar refractivity (Wildman–Crippen MR) is 67.9 cm³/mol. The number of alkyl halides is 3. The van der Waals surface area contributed by atoms with Gasteiger partial charge in [0.25, 0.3) is 5.91 Å². The summed E-state index contributed by atoms with van der Waals surface area (Å²) in [5.41, 5.74) is 5.89. The predicted octanol–water partition coefficient (Wildman–Crippen LogP) is 1.87. The maximum absolute atomic E-state index is 11.8. The number of esters is 1. The topological polar surface area (TPSA) is 81.4 Å². The molecule has 0 aliphatic rings. The molecule has 1 amide bonds. The van der Waals surface area contributed by atoms with Crippen LogP contribution in [-0.2, 0) is 9.53 Å². The number of hydrogen-bond acceptors (Lipinski definition) is 4. The molecule has 0 saturated heterocycles. The maximum atomic E-state index is 11.8. The van der Waals surface area contributed by atoms with E-state index in [2.05, 4.69) is 20.7 Å². The molecule has 0 aromatic heterocycles. The van der Waals surface area contributed by atoms with E-state index in [-0.39, 0.29) is 5.56 Å². The highest BCUT2D eigenvalue weighted by Gasteiger charge is 2.27. The number of halogens is 4. The fourth-order valence-corrected chi connectivity index (χ4v) is 1.71. The number of hydrogen-bond donors (Lipinski definition) is 2. The van der Waals surface area contributed by atoms with Crippen molar-refractivity contribution in [3.63, 3.8) is 0 Å². The fourth-order valence-electron chi connectivity index (χ4n) is 1.19. The Hall–Kier alpha value is -1.77. The number of anilines is 1. The van der Waals surface area contributed by atoms with Crippen molar-refractivity contribution in [1.29, 1.82) is 0 Å². The Kier molecular flexibility index (Phi) is 5.37. The lowest BCUT2D eigenvalue weighted by molar-refractivity contribution is -0.140. The lowest BCUT2D eigenvalue weighted by Gasteiger charge is -2.09. The van der Waals surface area contributed by atoms with Gasteiger partial charge in [0.1, 0.15) is 6.54 Å². The van der Waals surface area contributed by atoms with E-state index in [1.807, 2.05) is 0 Å². The van der Waals surface area contributed by atoms with E-state index in [4.69, 9.17) is 5.73 Å². The van der Waals surface area contributed by atoms with Crippen molar-refractivity contribution in [3.8, 4) is 0 Å². The summed E-state index contributed by atoms with van der Waals surface area (Å²) in [5, 5.41) is 1.58. The van der Waals surface area contributed by atoms with E-state index in [0.29, 0.717) is 10.2 Å². The van der Waals surface area contributed by atoms with Gasteiger partial charge in [-0.25, -0.2) is 4.79 Å². The number of nitrogen functional groups attached to an aromatic ring is 1. The molecule has 1 rings (SSSR count). The highest BCUT2D eigenvalue weighted by molar-refractivity contribution is 9.10. The Morgan fingerprint density at radius 3 is 2.50 bits per heavy atom. The number of amides is 1. The molecule has 1 aromatic carbocycles. The van der Waals surface area contributed by atoms with Crippen molar-refractivity contribution in [2.24, 2.45) is 0 Å². The SMILES string of the molecule is Nc1cc(Br)cc(C(=O)OCC(=O)NCC(F)(F)F)c1.